The van der Waals surface area contributed by atoms with Crippen LogP contribution in [0.15, 0.2) is 70.5 Å². The van der Waals surface area contributed by atoms with E-state index in [1.807, 2.05) is 12.1 Å². The Morgan fingerprint density at radius 1 is 0.449 bits per heavy atom. The minimum absolute atomic E-state index is 0. The second-order valence-electron chi connectivity index (χ2n) is 12.9. The molecule has 0 unspecified atom stereocenters. The minimum atomic E-state index is -4.44. The number of rotatable bonds is 18. The zero-order chi connectivity index (χ0) is 35.2. The average Bonchev–Trinajstić information content (AvgIpc) is 3.04. The summed E-state index contributed by atoms with van der Waals surface area (Å²) in [6, 6.07) is 18.9. The maximum absolute atomic E-state index is 11.6. The number of fused-ring (bicyclic) bond motifs is 2. The molecule has 0 saturated heterocycles. The fourth-order valence-corrected chi connectivity index (χ4v) is 7.90. The number of benzene rings is 4. The van der Waals surface area contributed by atoms with E-state index in [4.69, 9.17) is 0 Å². The molecule has 6 nitrogen and oxygen atoms in total. The van der Waals surface area contributed by atoms with Gasteiger partial charge in [0.05, 0.1) is 9.79 Å². The molecule has 0 aliphatic rings. The van der Waals surface area contributed by atoms with Gasteiger partial charge in [-0.2, -0.15) is 0 Å². The first-order chi connectivity index (χ1) is 22.9. The largest absolute Gasteiger partial charge is 2.00 e. The summed E-state index contributed by atoms with van der Waals surface area (Å²) in [6.07, 6.45) is 16.5. The molecule has 49 heavy (non-hydrogen) atoms. The van der Waals surface area contributed by atoms with Crippen molar-refractivity contribution in [3.05, 3.63) is 82.9 Å². The minimum Gasteiger partial charge on any atom is -0.744 e. The zero-order valence-corrected chi connectivity index (χ0v) is 33.9. The third-order valence-corrected chi connectivity index (χ3v) is 10.9. The molecule has 4 aromatic carbocycles. The normalized spacial score (nSPS) is 11.7. The third kappa shape index (κ3) is 13.5. The first-order valence-electron chi connectivity index (χ1n) is 17.9. The molecule has 4 rings (SSSR count). The van der Waals surface area contributed by atoms with Gasteiger partial charge in [-0.3, -0.25) is 0 Å². The van der Waals surface area contributed by atoms with E-state index < -0.39 is 20.2 Å². The first-order valence-corrected chi connectivity index (χ1v) is 20.8. The predicted octanol–water partition coefficient (Wildman–Crippen LogP) is 10.0. The van der Waals surface area contributed by atoms with Crippen molar-refractivity contribution in [3.63, 3.8) is 0 Å². The van der Waals surface area contributed by atoms with Crippen LogP contribution in [0.3, 0.4) is 0 Å². The van der Waals surface area contributed by atoms with Gasteiger partial charge in [-0.05, 0) is 107 Å². The Kier molecular flexibility index (Phi) is 19.4. The van der Waals surface area contributed by atoms with E-state index in [1.54, 1.807) is 12.1 Å². The van der Waals surface area contributed by atoms with Crippen LogP contribution in [0, 0.1) is 0 Å². The molecule has 0 amide bonds. The number of aryl methyl sites for hydroxylation is 4. The molecule has 0 radical (unpaired) electrons. The fraction of sp³-hybridized carbons (Fsp3) is 0.500. The number of hydrogen-bond acceptors (Lipinski definition) is 6. The van der Waals surface area contributed by atoms with Crippen molar-refractivity contribution in [2.24, 2.45) is 0 Å². The van der Waals surface area contributed by atoms with E-state index >= 15 is 0 Å². The quantitative estimate of drug-likeness (QED) is 0.0571. The molecule has 0 aromatic heterocycles. The molecule has 264 valence electrons. The van der Waals surface area contributed by atoms with Gasteiger partial charge in [0, 0.05) is 0 Å². The summed E-state index contributed by atoms with van der Waals surface area (Å²) in [5.41, 5.74) is 3.92. The van der Waals surface area contributed by atoms with Crippen LogP contribution in [0.5, 0.6) is 0 Å². The van der Waals surface area contributed by atoms with E-state index in [0.29, 0.717) is 24.0 Å². The maximum Gasteiger partial charge on any atom is 2.00 e. The van der Waals surface area contributed by atoms with Crippen molar-refractivity contribution in [2.75, 3.05) is 0 Å². The molecule has 0 spiro atoms. The molecule has 0 saturated carbocycles. The second-order valence-corrected chi connectivity index (χ2v) is 15.6. The van der Waals surface area contributed by atoms with Crippen molar-refractivity contribution in [1.29, 1.82) is 0 Å². The summed E-state index contributed by atoms with van der Waals surface area (Å²) in [6.45, 7) is 8.59. The van der Waals surface area contributed by atoms with E-state index in [0.717, 1.165) is 72.9 Å². The summed E-state index contributed by atoms with van der Waals surface area (Å²) in [5.74, 6) is 0. The Hall–Kier alpha value is -1.52. The third-order valence-electron chi connectivity index (χ3n) is 9.04. The van der Waals surface area contributed by atoms with Crippen LogP contribution in [0.1, 0.15) is 127 Å². The van der Waals surface area contributed by atoms with Crippen LogP contribution in [-0.4, -0.2) is 63.7 Å². The van der Waals surface area contributed by atoms with Crippen LogP contribution >= 0.6 is 0 Å². The number of unbranched alkanes of at least 4 members (excludes halogenated alkanes) is 8. The SMILES string of the molecule is CCCCCc1ccc2c(CCCCC)c(S(=O)(=O)[O-])ccc2c1.CCCCCc1ccc2c(CCCCC)c(S(=O)(=O)[O-])ccc2c1.[Ca+2]. The predicted molar refractivity (Wildman–Crippen MR) is 202 cm³/mol. The standard InChI is InChI=1S/2C20H28O3S.Ca/c2*1-3-5-7-9-16-11-13-18-17(15-16)12-14-20(24(21,22)23)19(18)10-8-6-4-2;/h2*11-15H,3-10H2,1-2H3,(H,21,22,23);/q;;+2/p-2. The summed E-state index contributed by atoms with van der Waals surface area (Å²) >= 11 is 0. The molecule has 0 fully saturated rings. The summed E-state index contributed by atoms with van der Waals surface area (Å²) in [4.78, 5) is -0.102. The van der Waals surface area contributed by atoms with Gasteiger partial charge in [-0.25, -0.2) is 16.8 Å². The maximum atomic E-state index is 11.6. The fourth-order valence-electron chi connectivity index (χ4n) is 6.40. The van der Waals surface area contributed by atoms with E-state index in [2.05, 4.69) is 52.0 Å². The van der Waals surface area contributed by atoms with Crippen molar-refractivity contribution in [1.82, 2.24) is 0 Å². The Morgan fingerprint density at radius 3 is 1.08 bits per heavy atom. The molecule has 0 heterocycles. The molecule has 0 atom stereocenters. The summed E-state index contributed by atoms with van der Waals surface area (Å²) < 4.78 is 69.7. The van der Waals surface area contributed by atoms with Crippen molar-refractivity contribution in [3.8, 4) is 0 Å². The van der Waals surface area contributed by atoms with Gasteiger partial charge in [0.15, 0.2) is 0 Å². The Balaban J connectivity index is 0.000000333. The Labute approximate surface area is 326 Å². The summed E-state index contributed by atoms with van der Waals surface area (Å²) in [5, 5.41) is 3.87. The topological polar surface area (TPSA) is 114 Å². The molecule has 4 aromatic rings. The molecular weight excluding hydrogens is 681 g/mol. The van der Waals surface area contributed by atoms with Gasteiger partial charge < -0.3 is 9.11 Å². The average molecular weight is 735 g/mol. The summed E-state index contributed by atoms with van der Waals surface area (Å²) in [7, 11) is -8.88. The van der Waals surface area contributed by atoms with Crippen molar-refractivity contribution < 1.29 is 25.9 Å². The van der Waals surface area contributed by atoms with Crippen LogP contribution in [0.25, 0.3) is 21.5 Å². The molecule has 0 bridgehead atoms. The van der Waals surface area contributed by atoms with E-state index in [-0.39, 0.29) is 47.5 Å². The van der Waals surface area contributed by atoms with Crippen LogP contribution in [0.2, 0.25) is 0 Å². The van der Waals surface area contributed by atoms with Crippen molar-refractivity contribution >= 4 is 79.5 Å². The molecular formula is C40H54CaO6S2. The first kappa shape index (κ1) is 43.6. The van der Waals surface area contributed by atoms with E-state index in [9.17, 15) is 25.9 Å². The monoisotopic (exact) mass is 734 g/mol. The van der Waals surface area contributed by atoms with Gasteiger partial charge in [0.1, 0.15) is 20.2 Å². The van der Waals surface area contributed by atoms with Crippen LogP contribution in [-0.2, 0) is 45.9 Å². The zero-order valence-electron chi connectivity index (χ0n) is 30.1. The van der Waals surface area contributed by atoms with Gasteiger partial charge in [-0.1, -0.05) is 128 Å². The van der Waals surface area contributed by atoms with Gasteiger partial charge in [0.25, 0.3) is 0 Å². The Morgan fingerprint density at radius 2 is 0.776 bits per heavy atom. The molecule has 0 aliphatic carbocycles. The van der Waals surface area contributed by atoms with Gasteiger partial charge in [-0.15, -0.1) is 0 Å². The molecule has 0 N–H and O–H groups in total. The second kappa shape index (κ2) is 21.8. The smallest absolute Gasteiger partial charge is 0.744 e. The molecule has 9 heteroatoms. The van der Waals surface area contributed by atoms with Crippen molar-refractivity contribution in [2.45, 2.75) is 140 Å². The number of hydrogen-bond donors (Lipinski definition) is 0. The molecule has 0 aliphatic heterocycles. The van der Waals surface area contributed by atoms with Crippen LogP contribution in [0.4, 0.5) is 0 Å². The van der Waals surface area contributed by atoms with Gasteiger partial charge >= 0.3 is 37.7 Å². The Bertz CT molecular complexity index is 1700. The van der Waals surface area contributed by atoms with Gasteiger partial charge in [0.2, 0.25) is 0 Å². The van der Waals surface area contributed by atoms with Crippen LogP contribution < -0.4 is 0 Å². The van der Waals surface area contributed by atoms with E-state index in [1.165, 1.54) is 61.8 Å².